The molecule has 0 aliphatic rings. The normalized spacial score (nSPS) is 11.9. The molecule has 0 saturated carbocycles. The van der Waals surface area contributed by atoms with E-state index in [1.807, 2.05) is 18.2 Å². The van der Waals surface area contributed by atoms with Crippen molar-refractivity contribution in [2.75, 3.05) is 7.11 Å². The first-order valence-corrected chi connectivity index (χ1v) is 7.47. The maximum absolute atomic E-state index is 12.5. The van der Waals surface area contributed by atoms with E-state index in [1.165, 1.54) is 6.20 Å². The largest absolute Gasteiger partial charge is 0.497 e. The Morgan fingerprint density at radius 3 is 2.92 bits per heavy atom. The van der Waals surface area contributed by atoms with Crippen molar-refractivity contribution in [3.05, 3.63) is 78.1 Å². The number of hydrogen-bond donors (Lipinski definition) is 1. The number of methoxy groups -OCH3 is 1. The van der Waals surface area contributed by atoms with Gasteiger partial charge in [-0.25, -0.2) is 4.98 Å². The molecule has 0 radical (unpaired) electrons. The summed E-state index contributed by atoms with van der Waals surface area (Å²) in [4.78, 5) is 20.6. The number of carbonyl (C=O) groups is 1. The monoisotopic (exact) mass is 323 g/mol. The van der Waals surface area contributed by atoms with Gasteiger partial charge in [-0.15, -0.1) is 0 Å². The van der Waals surface area contributed by atoms with Crippen molar-refractivity contribution >= 4 is 5.78 Å². The van der Waals surface area contributed by atoms with Gasteiger partial charge < -0.3 is 14.4 Å². The number of ketones is 1. The van der Waals surface area contributed by atoms with E-state index >= 15 is 0 Å². The number of pyridine rings is 1. The maximum atomic E-state index is 12.5. The van der Waals surface area contributed by atoms with Crippen LogP contribution < -0.4 is 4.74 Å². The highest BCUT2D eigenvalue weighted by atomic mass is 16.5. The number of ether oxygens (including phenoxy) is 1. The lowest BCUT2D eigenvalue weighted by Crippen LogP contribution is -2.15. The third-order valence-electron chi connectivity index (χ3n) is 3.69. The molecule has 6 nitrogen and oxygen atoms in total. The molecule has 24 heavy (non-hydrogen) atoms. The van der Waals surface area contributed by atoms with Gasteiger partial charge in [0, 0.05) is 30.4 Å². The first-order chi connectivity index (χ1) is 11.7. The fourth-order valence-corrected chi connectivity index (χ4v) is 2.43. The van der Waals surface area contributed by atoms with Crippen LogP contribution in [0.2, 0.25) is 0 Å². The van der Waals surface area contributed by atoms with Crippen LogP contribution in [0.5, 0.6) is 5.75 Å². The molecule has 0 spiro atoms. The van der Waals surface area contributed by atoms with Gasteiger partial charge in [-0.3, -0.25) is 9.78 Å². The Morgan fingerprint density at radius 2 is 2.17 bits per heavy atom. The van der Waals surface area contributed by atoms with Gasteiger partial charge in [0.05, 0.1) is 19.8 Å². The molecule has 1 atom stereocenters. The van der Waals surface area contributed by atoms with Gasteiger partial charge in [-0.05, 0) is 29.8 Å². The number of benzene rings is 1. The maximum Gasteiger partial charge on any atom is 0.229 e. The molecular formula is C18H17N3O3. The predicted octanol–water partition coefficient (Wildman–Crippen LogP) is 2.25. The molecule has 6 heteroatoms. The molecule has 0 unspecified atom stereocenters. The Labute approximate surface area is 139 Å². The summed E-state index contributed by atoms with van der Waals surface area (Å²) in [6.45, 7) is 0.217. The first-order valence-electron chi connectivity index (χ1n) is 7.47. The molecule has 122 valence electrons. The van der Waals surface area contributed by atoms with E-state index in [9.17, 15) is 9.90 Å². The minimum absolute atomic E-state index is 0.217. The zero-order chi connectivity index (χ0) is 16.9. The zero-order valence-electron chi connectivity index (χ0n) is 13.2. The van der Waals surface area contributed by atoms with E-state index in [0.29, 0.717) is 16.9 Å². The second-order valence-corrected chi connectivity index (χ2v) is 5.27. The first kappa shape index (κ1) is 15.9. The number of nitrogens with zero attached hydrogens (tertiary/aromatic N) is 3. The summed E-state index contributed by atoms with van der Waals surface area (Å²) < 4.78 is 6.81. The van der Waals surface area contributed by atoms with Crippen molar-refractivity contribution in [3.8, 4) is 5.75 Å². The van der Waals surface area contributed by atoms with Crippen LogP contribution in [-0.2, 0) is 6.54 Å². The SMILES string of the molecule is COc1cccc([C@@H](O)Cn2ccnc2C(=O)c2cccnc2)c1. The Hall–Kier alpha value is -2.99. The van der Waals surface area contributed by atoms with Crippen LogP contribution in [0.25, 0.3) is 0 Å². The van der Waals surface area contributed by atoms with Crippen LogP contribution in [0.4, 0.5) is 0 Å². The summed E-state index contributed by atoms with van der Waals surface area (Å²) in [5.74, 6) is 0.708. The van der Waals surface area contributed by atoms with Crippen LogP contribution in [-0.4, -0.2) is 32.5 Å². The number of imidazole rings is 1. The smallest absolute Gasteiger partial charge is 0.229 e. The summed E-state index contributed by atoms with van der Waals surface area (Å²) in [6, 6.07) is 10.6. The molecule has 0 amide bonds. The van der Waals surface area contributed by atoms with Crippen LogP contribution >= 0.6 is 0 Å². The number of carbonyl (C=O) groups excluding carboxylic acids is 1. The lowest BCUT2D eigenvalue weighted by molar-refractivity contribution is 0.101. The van der Waals surface area contributed by atoms with Gasteiger partial charge in [0.15, 0.2) is 5.82 Å². The van der Waals surface area contributed by atoms with Crippen molar-refractivity contribution in [3.63, 3.8) is 0 Å². The summed E-state index contributed by atoms with van der Waals surface area (Å²) in [5.41, 5.74) is 1.17. The average molecular weight is 323 g/mol. The van der Waals surface area contributed by atoms with Crippen molar-refractivity contribution in [2.24, 2.45) is 0 Å². The summed E-state index contributed by atoms with van der Waals surface area (Å²) in [5, 5.41) is 10.5. The van der Waals surface area contributed by atoms with E-state index in [0.717, 1.165) is 0 Å². The molecule has 2 heterocycles. The van der Waals surface area contributed by atoms with Gasteiger partial charge >= 0.3 is 0 Å². The molecule has 0 saturated heterocycles. The number of aromatic nitrogens is 3. The van der Waals surface area contributed by atoms with E-state index in [1.54, 1.807) is 48.5 Å². The van der Waals surface area contributed by atoms with E-state index < -0.39 is 6.10 Å². The van der Waals surface area contributed by atoms with Gasteiger partial charge in [0.2, 0.25) is 5.78 Å². The second kappa shape index (κ2) is 7.06. The van der Waals surface area contributed by atoms with Crippen molar-refractivity contribution in [1.29, 1.82) is 0 Å². The Morgan fingerprint density at radius 1 is 1.29 bits per heavy atom. The average Bonchev–Trinajstić information content (AvgIpc) is 3.10. The lowest BCUT2D eigenvalue weighted by Gasteiger charge is -2.14. The quantitative estimate of drug-likeness (QED) is 0.704. The number of hydrogen-bond acceptors (Lipinski definition) is 5. The Bertz CT molecular complexity index is 830. The number of aliphatic hydroxyl groups is 1. The highest BCUT2D eigenvalue weighted by Crippen LogP contribution is 2.21. The molecule has 0 aliphatic heterocycles. The molecule has 0 aliphatic carbocycles. The van der Waals surface area contributed by atoms with Gasteiger partial charge in [0.25, 0.3) is 0 Å². The molecular weight excluding hydrogens is 306 g/mol. The number of rotatable bonds is 6. The Kier molecular flexibility index (Phi) is 4.67. The van der Waals surface area contributed by atoms with Crippen molar-refractivity contribution < 1.29 is 14.6 Å². The number of aliphatic hydroxyl groups excluding tert-OH is 1. The highest BCUT2D eigenvalue weighted by Gasteiger charge is 2.18. The van der Waals surface area contributed by atoms with Gasteiger partial charge in [-0.2, -0.15) is 0 Å². The second-order valence-electron chi connectivity index (χ2n) is 5.27. The lowest BCUT2D eigenvalue weighted by atomic mass is 10.1. The third kappa shape index (κ3) is 3.33. The van der Waals surface area contributed by atoms with Crippen molar-refractivity contribution in [2.45, 2.75) is 12.6 Å². The summed E-state index contributed by atoms with van der Waals surface area (Å²) >= 11 is 0. The minimum atomic E-state index is -0.783. The molecule has 1 aromatic carbocycles. The molecule has 0 fully saturated rings. The van der Waals surface area contributed by atoms with Crippen LogP contribution in [0.3, 0.4) is 0 Å². The Balaban J connectivity index is 1.81. The summed E-state index contributed by atoms with van der Waals surface area (Å²) in [7, 11) is 1.58. The van der Waals surface area contributed by atoms with E-state index in [-0.39, 0.29) is 18.2 Å². The molecule has 3 aromatic rings. The standard InChI is InChI=1S/C18H17N3O3/c1-24-15-6-2-4-13(10-15)16(22)12-21-9-8-20-18(21)17(23)14-5-3-7-19-11-14/h2-11,16,22H,12H2,1H3/t16-/m0/s1. The topological polar surface area (TPSA) is 77.2 Å². The van der Waals surface area contributed by atoms with Gasteiger partial charge in [-0.1, -0.05) is 12.1 Å². The van der Waals surface area contributed by atoms with Crippen LogP contribution in [0, 0.1) is 0 Å². The molecule has 2 aromatic heterocycles. The fraction of sp³-hybridized carbons (Fsp3) is 0.167. The van der Waals surface area contributed by atoms with Crippen LogP contribution in [0.15, 0.2) is 61.2 Å². The fourth-order valence-electron chi connectivity index (χ4n) is 2.43. The zero-order valence-corrected chi connectivity index (χ0v) is 13.2. The minimum Gasteiger partial charge on any atom is -0.497 e. The summed E-state index contributed by atoms with van der Waals surface area (Å²) in [6.07, 6.45) is 5.54. The van der Waals surface area contributed by atoms with E-state index in [4.69, 9.17) is 4.74 Å². The molecule has 0 bridgehead atoms. The molecule has 3 rings (SSSR count). The third-order valence-corrected chi connectivity index (χ3v) is 3.69. The highest BCUT2D eigenvalue weighted by molar-refractivity contribution is 6.06. The van der Waals surface area contributed by atoms with Gasteiger partial charge in [0.1, 0.15) is 5.75 Å². The van der Waals surface area contributed by atoms with Crippen LogP contribution in [0.1, 0.15) is 27.8 Å². The molecule has 1 N–H and O–H groups in total. The van der Waals surface area contributed by atoms with Crippen molar-refractivity contribution in [1.82, 2.24) is 14.5 Å². The van der Waals surface area contributed by atoms with E-state index in [2.05, 4.69) is 9.97 Å². The predicted molar refractivity (Wildman–Crippen MR) is 87.9 cm³/mol.